The number of amides is 2. The lowest BCUT2D eigenvalue weighted by molar-refractivity contribution is -0.129. The lowest BCUT2D eigenvalue weighted by Gasteiger charge is -2.34. The Bertz CT molecular complexity index is 257. The lowest BCUT2D eigenvalue weighted by Crippen LogP contribution is -2.51. The summed E-state index contributed by atoms with van der Waals surface area (Å²) in [7, 11) is 0. The minimum atomic E-state index is -0.276. The lowest BCUT2D eigenvalue weighted by atomic mass is 10.0. The van der Waals surface area contributed by atoms with E-state index in [1.54, 1.807) is 0 Å². The second-order valence-corrected chi connectivity index (χ2v) is 4.09. The molecule has 1 rings (SSSR count). The van der Waals surface area contributed by atoms with Gasteiger partial charge in [0, 0.05) is 19.5 Å². The molecule has 0 aliphatic carbocycles. The minimum Gasteiger partial charge on any atom is -0.329 e. The Balaban J connectivity index is 2.33. The van der Waals surface area contributed by atoms with Gasteiger partial charge in [0.25, 0.3) is 5.91 Å². The number of carbonyl (C=O) groups excluding carboxylic acids is 2. The molecule has 0 radical (unpaired) electrons. The van der Waals surface area contributed by atoms with Gasteiger partial charge in [-0.2, -0.15) is 0 Å². The van der Waals surface area contributed by atoms with Crippen LogP contribution in [0.5, 0.6) is 0 Å². The van der Waals surface area contributed by atoms with Gasteiger partial charge in [0.1, 0.15) is 0 Å². The molecule has 1 fully saturated rings. The average Bonchev–Trinajstić information content (AvgIpc) is 2.27. The highest BCUT2D eigenvalue weighted by molar-refractivity contribution is 5.81. The maximum Gasteiger partial charge on any atom is 0.252 e. The van der Waals surface area contributed by atoms with Gasteiger partial charge < -0.3 is 5.73 Å². The quantitative estimate of drug-likeness (QED) is 0.539. The Morgan fingerprint density at radius 2 is 2.12 bits per heavy atom. The van der Waals surface area contributed by atoms with Gasteiger partial charge >= 0.3 is 0 Å². The van der Waals surface area contributed by atoms with Crippen LogP contribution in [0.4, 0.5) is 0 Å². The van der Waals surface area contributed by atoms with E-state index in [1.165, 1.54) is 13.3 Å². The zero-order valence-electron chi connectivity index (χ0n) is 9.66. The van der Waals surface area contributed by atoms with Gasteiger partial charge in [0.15, 0.2) is 0 Å². The Hall–Kier alpha value is -1.14. The van der Waals surface area contributed by atoms with Crippen molar-refractivity contribution in [3.63, 3.8) is 0 Å². The number of hydrogen-bond acceptors (Lipinski definition) is 4. The average molecular weight is 228 g/mol. The van der Waals surface area contributed by atoms with Crippen LogP contribution in [0.2, 0.25) is 0 Å². The molecule has 1 unspecified atom stereocenters. The first-order valence-electron chi connectivity index (χ1n) is 5.63. The molecule has 6 heteroatoms. The van der Waals surface area contributed by atoms with Crippen LogP contribution in [0.1, 0.15) is 26.2 Å². The number of piperidine rings is 1. The van der Waals surface area contributed by atoms with E-state index in [-0.39, 0.29) is 17.9 Å². The van der Waals surface area contributed by atoms with E-state index in [9.17, 15) is 9.59 Å². The fraction of sp³-hybridized carbons (Fsp3) is 0.800. The first kappa shape index (κ1) is 12.9. The van der Waals surface area contributed by atoms with Gasteiger partial charge in [-0.1, -0.05) is 6.42 Å². The van der Waals surface area contributed by atoms with Crippen molar-refractivity contribution >= 4 is 11.8 Å². The normalized spacial score (nSPS) is 21.5. The van der Waals surface area contributed by atoms with Crippen molar-refractivity contribution in [3.8, 4) is 0 Å². The van der Waals surface area contributed by atoms with Crippen LogP contribution in [-0.4, -0.2) is 42.4 Å². The second-order valence-electron chi connectivity index (χ2n) is 4.09. The molecule has 16 heavy (non-hydrogen) atoms. The zero-order chi connectivity index (χ0) is 12.0. The molecule has 0 bridgehead atoms. The molecular formula is C10H20N4O2. The summed E-state index contributed by atoms with van der Waals surface area (Å²) in [4.78, 5) is 24.1. The zero-order valence-corrected chi connectivity index (χ0v) is 9.66. The predicted octanol–water partition coefficient (Wildman–Crippen LogP) is -1.03. The van der Waals surface area contributed by atoms with E-state index in [0.717, 1.165) is 19.4 Å². The molecule has 0 aromatic rings. The summed E-state index contributed by atoms with van der Waals surface area (Å²) < 4.78 is 0. The number of nitrogens with one attached hydrogen (secondary N) is 2. The maximum atomic E-state index is 11.5. The highest BCUT2D eigenvalue weighted by Crippen LogP contribution is 2.15. The number of carbonyl (C=O) groups is 2. The summed E-state index contributed by atoms with van der Waals surface area (Å²) in [6.07, 6.45) is 3.32. The molecule has 1 aliphatic rings. The molecule has 4 N–H and O–H groups in total. The molecule has 1 atom stereocenters. The highest BCUT2D eigenvalue weighted by Gasteiger charge is 2.22. The van der Waals surface area contributed by atoms with Crippen molar-refractivity contribution in [1.82, 2.24) is 15.8 Å². The van der Waals surface area contributed by atoms with Crippen molar-refractivity contribution in [2.45, 2.75) is 32.2 Å². The third kappa shape index (κ3) is 4.16. The third-order valence-corrected chi connectivity index (χ3v) is 2.75. The first-order valence-corrected chi connectivity index (χ1v) is 5.63. The molecule has 1 aliphatic heterocycles. The number of rotatable bonds is 3. The van der Waals surface area contributed by atoms with E-state index in [4.69, 9.17) is 5.73 Å². The van der Waals surface area contributed by atoms with Crippen LogP contribution < -0.4 is 16.6 Å². The van der Waals surface area contributed by atoms with E-state index in [0.29, 0.717) is 13.1 Å². The Morgan fingerprint density at radius 1 is 1.38 bits per heavy atom. The number of nitrogens with zero attached hydrogens (tertiary/aromatic N) is 1. The van der Waals surface area contributed by atoms with Crippen LogP contribution in [0, 0.1) is 0 Å². The van der Waals surface area contributed by atoms with Crippen LogP contribution in [0.25, 0.3) is 0 Å². The minimum absolute atomic E-state index is 0.199. The van der Waals surface area contributed by atoms with Gasteiger partial charge in [-0.15, -0.1) is 0 Å². The topological polar surface area (TPSA) is 87.5 Å². The molecule has 0 aromatic carbocycles. The number of nitrogens with two attached hydrogens (primary N) is 1. The maximum absolute atomic E-state index is 11.5. The largest absolute Gasteiger partial charge is 0.329 e. The molecule has 92 valence electrons. The Kier molecular flexibility index (Phi) is 5.21. The van der Waals surface area contributed by atoms with Crippen molar-refractivity contribution in [2.75, 3.05) is 19.6 Å². The smallest absolute Gasteiger partial charge is 0.252 e. The summed E-state index contributed by atoms with van der Waals surface area (Å²) in [6, 6.07) is 0.289. The van der Waals surface area contributed by atoms with Crippen molar-refractivity contribution < 1.29 is 9.59 Å². The van der Waals surface area contributed by atoms with Gasteiger partial charge in [0.05, 0.1) is 6.54 Å². The first-order chi connectivity index (χ1) is 7.63. The summed E-state index contributed by atoms with van der Waals surface area (Å²) >= 11 is 0. The summed E-state index contributed by atoms with van der Waals surface area (Å²) in [6.45, 7) is 3.12. The number of hydrazine groups is 1. The molecule has 1 saturated heterocycles. The van der Waals surface area contributed by atoms with Crippen LogP contribution in [0.3, 0.4) is 0 Å². The van der Waals surface area contributed by atoms with Crippen LogP contribution >= 0.6 is 0 Å². The third-order valence-electron chi connectivity index (χ3n) is 2.75. The van der Waals surface area contributed by atoms with E-state index >= 15 is 0 Å². The monoisotopic (exact) mass is 228 g/mol. The van der Waals surface area contributed by atoms with Crippen LogP contribution in [0.15, 0.2) is 0 Å². The second kappa shape index (κ2) is 6.44. The fourth-order valence-corrected chi connectivity index (χ4v) is 1.92. The fourth-order valence-electron chi connectivity index (χ4n) is 1.92. The number of likely N-dealkylation sites (tertiary alicyclic amines) is 1. The van der Waals surface area contributed by atoms with Crippen LogP contribution in [-0.2, 0) is 9.59 Å². The van der Waals surface area contributed by atoms with Gasteiger partial charge in [-0.05, 0) is 19.4 Å². The highest BCUT2D eigenvalue weighted by atomic mass is 16.2. The van der Waals surface area contributed by atoms with Crippen molar-refractivity contribution in [3.05, 3.63) is 0 Å². The molecular weight excluding hydrogens is 208 g/mol. The summed E-state index contributed by atoms with van der Waals surface area (Å²) in [5, 5.41) is 0. The number of hydrogen-bond donors (Lipinski definition) is 3. The Labute approximate surface area is 95.5 Å². The van der Waals surface area contributed by atoms with E-state index in [2.05, 4.69) is 15.8 Å². The summed E-state index contributed by atoms with van der Waals surface area (Å²) in [5.74, 6) is -0.474. The van der Waals surface area contributed by atoms with Gasteiger partial charge in [-0.25, -0.2) is 0 Å². The predicted molar refractivity (Wildman–Crippen MR) is 60.2 cm³/mol. The molecule has 1 heterocycles. The van der Waals surface area contributed by atoms with E-state index < -0.39 is 0 Å². The van der Waals surface area contributed by atoms with Gasteiger partial charge in [0.2, 0.25) is 5.91 Å². The summed E-state index contributed by atoms with van der Waals surface area (Å²) in [5.41, 5.74) is 10.3. The van der Waals surface area contributed by atoms with Crippen molar-refractivity contribution in [1.29, 1.82) is 0 Å². The Morgan fingerprint density at radius 3 is 2.75 bits per heavy atom. The standard InChI is InChI=1S/C10H20N4O2/c1-8(15)12-13-10(16)7-14-5-3-2-4-9(14)6-11/h9H,2-7,11H2,1H3,(H,12,15)(H,13,16). The van der Waals surface area contributed by atoms with Gasteiger partial charge in [-0.3, -0.25) is 25.3 Å². The van der Waals surface area contributed by atoms with E-state index in [1.807, 2.05) is 0 Å². The molecule has 2 amide bonds. The molecule has 0 spiro atoms. The molecule has 6 nitrogen and oxygen atoms in total. The molecule has 0 aromatic heterocycles. The molecule has 0 saturated carbocycles. The van der Waals surface area contributed by atoms with Crippen molar-refractivity contribution in [2.24, 2.45) is 5.73 Å². The SMILES string of the molecule is CC(=O)NNC(=O)CN1CCCCC1CN.